The molecule has 0 bridgehead atoms. The minimum atomic E-state index is 0. The molecular formula is C34H76N6O3. The third-order valence-corrected chi connectivity index (χ3v) is 7.99. The summed E-state index contributed by atoms with van der Waals surface area (Å²) in [5.74, 6) is 1.53. The van der Waals surface area contributed by atoms with Crippen molar-refractivity contribution in [3.8, 4) is 0 Å². The molecule has 0 aliphatic carbocycles. The van der Waals surface area contributed by atoms with Crippen LogP contribution in [0.25, 0.3) is 0 Å². The maximum absolute atomic E-state index is 11.4. The lowest BCUT2D eigenvalue weighted by Gasteiger charge is -2.20. The van der Waals surface area contributed by atoms with Crippen molar-refractivity contribution in [3.05, 3.63) is 0 Å². The molecule has 3 saturated heterocycles. The van der Waals surface area contributed by atoms with Gasteiger partial charge in [-0.05, 0) is 45.6 Å². The van der Waals surface area contributed by atoms with E-state index in [2.05, 4.69) is 62.4 Å². The molecule has 0 saturated carbocycles. The van der Waals surface area contributed by atoms with E-state index in [0.717, 1.165) is 65.1 Å². The van der Waals surface area contributed by atoms with Gasteiger partial charge in [0.2, 0.25) is 17.7 Å². The number of carbonyl (C=O) groups excluding carboxylic acids is 3. The van der Waals surface area contributed by atoms with E-state index in [4.69, 9.17) is 0 Å². The number of likely N-dealkylation sites (tertiary alicyclic amines) is 3. The monoisotopic (exact) mass is 617 g/mol. The Kier molecular flexibility index (Phi) is 21.8. The molecule has 3 rings (SSSR count). The third-order valence-electron chi connectivity index (χ3n) is 7.99. The molecule has 3 N–H and O–H groups in total. The molecule has 0 radical (unpaired) electrons. The molecule has 0 spiro atoms. The minimum Gasteiger partial charge on any atom is -0.352 e. The van der Waals surface area contributed by atoms with Gasteiger partial charge in [0.05, 0.1) is 0 Å². The van der Waals surface area contributed by atoms with Gasteiger partial charge in [-0.1, -0.05) is 69.2 Å². The predicted molar refractivity (Wildman–Crippen MR) is 187 cm³/mol. The molecule has 3 aliphatic heterocycles. The van der Waals surface area contributed by atoms with Crippen molar-refractivity contribution in [1.82, 2.24) is 30.7 Å². The van der Waals surface area contributed by atoms with Gasteiger partial charge >= 0.3 is 0 Å². The van der Waals surface area contributed by atoms with E-state index in [1.807, 2.05) is 51.3 Å². The average molecular weight is 617 g/mol. The lowest BCUT2D eigenvalue weighted by atomic mass is 10.1. The molecule has 0 aromatic carbocycles. The highest BCUT2D eigenvalue weighted by Gasteiger charge is 2.27. The van der Waals surface area contributed by atoms with E-state index < -0.39 is 0 Å². The number of nitrogens with one attached hydrogen (secondary N) is 3. The number of hydrogen-bond acceptors (Lipinski definition) is 6. The summed E-state index contributed by atoms with van der Waals surface area (Å²) in [5, 5.41) is 9.97. The summed E-state index contributed by atoms with van der Waals surface area (Å²) in [6.45, 7) is 31.6. The summed E-state index contributed by atoms with van der Waals surface area (Å²) in [7, 11) is 0. The van der Waals surface area contributed by atoms with Crippen LogP contribution in [0, 0.1) is 11.8 Å². The van der Waals surface area contributed by atoms with E-state index in [9.17, 15) is 14.4 Å². The standard InChI is InChI=1S/2C11H22N2O.C10H20N2O.C2H6.3H2/c1-8(2)11(14)12-10-5-6-13(7-10)9(3)4;1-4-11(14)13-6-5-10(8-13)7-12-9(2)3;1-4-10(13)12-6-5-9(7-12)11-8(2)3;1-2;;;/h8-10H,5-7H2,1-4H3,(H,12,14);9-10,12H,4-8H2,1-3H3;8-9,11H,4-7H2,1-3H3;1-2H3;3*1H. The van der Waals surface area contributed by atoms with Crippen LogP contribution in [0.2, 0.25) is 0 Å². The van der Waals surface area contributed by atoms with E-state index in [1.165, 1.54) is 0 Å². The Bertz CT molecular complexity index is 789. The molecule has 3 amide bonds. The second-order valence-electron chi connectivity index (χ2n) is 13.1. The number of hydrogen-bond donors (Lipinski definition) is 3. The van der Waals surface area contributed by atoms with Gasteiger partial charge in [0, 0.05) is 92.5 Å². The van der Waals surface area contributed by atoms with E-state index >= 15 is 0 Å². The summed E-state index contributed by atoms with van der Waals surface area (Å²) in [5.41, 5.74) is 0. The van der Waals surface area contributed by atoms with E-state index in [0.29, 0.717) is 54.9 Å². The molecule has 0 aromatic rings. The molecule has 9 heteroatoms. The summed E-state index contributed by atoms with van der Waals surface area (Å²) in [6, 6.07) is 2.53. The Balaban J connectivity index is -0.000000271. The zero-order valence-electron chi connectivity index (χ0n) is 30.1. The van der Waals surface area contributed by atoms with Crippen molar-refractivity contribution in [2.45, 2.75) is 145 Å². The number of carbonyl (C=O) groups is 3. The summed E-state index contributed by atoms with van der Waals surface area (Å²) in [6.07, 6.45) is 4.63. The normalized spacial score (nSPS) is 21.8. The van der Waals surface area contributed by atoms with Crippen molar-refractivity contribution in [1.29, 1.82) is 0 Å². The maximum Gasteiger partial charge on any atom is 0.222 e. The topological polar surface area (TPSA) is 97.0 Å². The Morgan fingerprint density at radius 2 is 1.26 bits per heavy atom. The molecule has 9 nitrogen and oxygen atoms in total. The first kappa shape index (κ1) is 41.3. The van der Waals surface area contributed by atoms with Crippen molar-refractivity contribution >= 4 is 17.7 Å². The highest BCUT2D eigenvalue weighted by molar-refractivity contribution is 5.78. The van der Waals surface area contributed by atoms with Crippen molar-refractivity contribution in [2.24, 2.45) is 11.8 Å². The zero-order valence-corrected chi connectivity index (χ0v) is 30.1. The Morgan fingerprint density at radius 1 is 0.721 bits per heavy atom. The van der Waals surface area contributed by atoms with Crippen molar-refractivity contribution < 1.29 is 18.7 Å². The third kappa shape index (κ3) is 17.4. The lowest BCUT2D eigenvalue weighted by molar-refractivity contribution is -0.130. The molecule has 3 heterocycles. The molecule has 3 fully saturated rings. The van der Waals surface area contributed by atoms with E-state index in [-0.39, 0.29) is 22.0 Å². The Hall–Kier alpha value is -1.71. The van der Waals surface area contributed by atoms with Gasteiger partial charge in [-0.15, -0.1) is 0 Å². The number of nitrogens with zero attached hydrogens (tertiary/aromatic N) is 3. The van der Waals surface area contributed by atoms with Gasteiger partial charge in [0.15, 0.2) is 0 Å². The summed E-state index contributed by atoms with van der Waals surface area (Å²) >= 11 is 0. The highest BCUT2D eigenvalue weighted by Crippen LogP contribution is 2.16. The largest absolute Gasteiger partial charge is 0.352 e. The van der Waals surface area contributed by atoms with Crippen LogP contribution in [-0.2, 0) is 14.4 Å². The fraction of sp³-hybridized carbons (Fsp3) is 0.912. The lowest BCUT2D eigenvalue weighted by Crippen LogP contribution is -2.40. The van der Waals surface area contributed by atoms with Crippen molar-refractivity contribution in [3.63, 3.8) is 0 Å². The fourth-order valence-corrected chi connectivity index (χ4v) is 5.41. The van der Waals surface area contributed by atoms with Crippen LogP contribution in [0.3, 0.4) is 0 Å². The second kappa shape index (κ2) is 22.7. The minimum absolute atomic E-state index is 0. The molecule has 43 heavy (non-hydrogen) atoms. The number of rotatable bonds is 10. The van der Waals surface area contributed by atoms with Crippen LogP contribution in [0.4, 0.5) is 0 Å². The van der Waals surface area contributed by atoms with Gasteiger partial charge in [-0.3, -0.25) is 19.3 Å². The van der Waals surface area contributed by atoms with Crippen LogP contribution < -0.4 is 16.0 Å². The van der Waals surface area contributed by atoms with Crippen LogP contribution in [0.5, 0.6) is 0 Å². The number of amides is 3. The van der Waals surface area contributed by atoms with Crippen LogP contribution in [-0.4, -0.2) is 108 Å². The van der Waals surface area contributed by atoms with Gasteiger partial charge < -0.3 is 25.8 Å². The van der Waals surface area contributed by atoms with Gasteiger partial charge in [0.1, 0.15) is 0 Å². The first-order valence-electron chi connectivity index (χ1n) is 17.4. The summed E-state index contributed by atoms with van der Waals surface area (Å²) < 4.78 is 0. The average Bonchev–Trinajstić information content (AvgIpc) is 3.74. The first-order valence-corrected chi connectivity index (χ1v) is 17.4. The SMILES string of the molecule is CC.CC(C)C(=O)NC1CCN(C(C)C)C1.CCC(=O)N1CCC(CNC(C)C)C1.CCC(=O)N1CCC(NC(C)C)C1.[HH].[HH].[HH]. The van der Waals surface area contributed by atoms with Gasteiger partial charge in [-0.25, -0.2) is 0 Å². The molecule has 3 atom stereocenters. The van der Waals surface area contributed by atoms with Crippen LogP contribution in [0.1, 0.15) is 119 Å². The van der Waals surface area contributed by atoms with Gasteiger partial charge in [0.25, 0.3) is 0 Å². The zero-order chi connectivity index (χ0) is 33.1. The molecule has 3 aliphatic rings. The quantitative estimate of drug-likeness (QED) is 0.311. The van der Waals surface area contributed by atoms with E-state index in [1.54, 1.807) is 0 Å². The molecule has 0 aromatic heterocycles. The first-order chi connectivity index (χ1) is 20.3. The second-order valence-corrected chi connectivity index (χ2v) is 13.1. The molecule has 3 unspecified atom stereocenters. The summed E-state index contributed by atoms with van der Waals surface area (Å²) in [4.78, 5) is 40.6. The fourth-order valence-electron chi connectivity index (χ4n) is 5.41. The smallest absolute Gasteiger partial charge is 0.222 e. The van der Waals surface area contributed by atoms with Gasteiger partial charge in [-0.2, -0.15) is 0 Å². The Morgan fingerprint density at radius 3 is 1.72 bits per heavy atom. The van der Waals surface area contributed by atoms with Crippen molar-refractivity contribution in [2.75, 3.05) is 45.8 Å². The highest BCUT2D eigenvalue weighted by atomic mass is 16.2. The molecule has 260 valence electrons. The van der Waals surface area contributed by atoms with Crippen LogP contribution in [0.15, 0.2) is 0 Å². The van der Waals surface area contributed by atoms with Crippen LogP contribution >= 0.6 is 0 Å². The maximum atomic E-state index is 11.4. The Labute approximate surface area is 270 Å². The molecular weight excluding hydrogens is 540 g/mol. The predicted octanol–water partition coefficient (Wildman–Crippen LogP) is 5.24.